The van der Waals surface area contributed by atoms with Crippen LogP contribution in [0.3, 0.4) is 0 Å². The molecule has 1 heterocycles. The first kappa shape index (κ1) is 16.6. The van der Waals surface area contributed by atoms with Crippen molar-refractivity contribution in [3.63, 3.8) is 0 Å². The second-order valence-electron chi connectivity index (χ2n) is 3.87. The first-order chi connectivity index (χ1) is 9.32. The van der Waals surface area contributed by atoms with E-state index in [1.54, 1.807) is 6.92 Å². The van der Waals surface area contributed by atoms with Crippen LogP contribution in [-0.4, -0.2) is 50.0 Å². The van der Waals surface area contributed by atoms with Crippen LogP contribution in [0.25, 0.3) is 0 Å². The molecule has 0 aliphatic carbocycles. The van der Waals surface area contributed by atoms with E-state index in [4.69, 9.17) is 5.11 Å². The number of carbonyl (C=O) groups is 2. The summed E-state index contributed by atoms with van der Waals surface area (Å²) in [6, 6.07) is 1.19. The molecule has 9 heteroatoms. The Morgan fingerprint density at radius 1 is 1.45 bits per heavy atom. The van der Waals surface area contributed by atoms with Crippen LogP contribution in [0.2, 0.25) is 0 Å². The Morgan fingerprint density at radius 2 is 2.10 bits per heavy atom. The standard InChI is InChI=1S/C11H15NO6S2/c1-3-4-12(6-10(13)14)20(16,17)8-5-9(19-7-8)11(15)18-2/h5,7H,3-4,6H2,1-2H3,(H,13,14). The van der Waals surface area contributed by atoms with Gasteiger partial charge in [-0.05, 0) is 12.5 Å². The van der Waals surface area contributed by atoms with Gasteiger partial charge in [0.25, 0.3) is 0 Å². The lowest BCUT2D eigenvalue weighted by Crippen LogP contribution is -2.36. The maximum absolute atomic E-state index is 12.3. The van der Waals surface area contributed by atoms with Gasteiger partial charge < -0.3 is 9.84 Å². The van der Waals surface area contributed by atoms with E-state index < -0.39 is 28.5 Å². The smallest absolute Gasteiger partial charge is 0.348 e. The van der Waals surface area contributed by atoms with Gasteiger partial charge in [-0.2, -0.15) is 4.31 Å². The van der Waals surface area contributed by atoms with Crippen molar-refractivity contribution in [2.24, 2.45) is 0 Å². The predicted molar refractivity (Wildman–Crippen MR) is 72.3 cm³/mol. The van der Waals surface area contributed by atoms with E-state index in [2.05, 4.69) is 4.74 Å². The molecular weight excluding hydrogens is 306 g/mol. The Hall–Kier alpha value is -1.45. The fourth-order valence-corrected chi connectivity index (χ4v) is 4.15. The Balaban J connectivity index is 3.09. The van der Waals surface area contributed by atoms with Crippen molar-refractivity contribution >= 4 is 33.3 Å². The summed E-state index contributed by atoms with van der Waals surface area (Å²) >= 11 is 0.936. The Labute approximate surface area is 120 Å². The van der Waals surface area contributed by atoms with Gasteiger partial charge in [0.05, 0.1) is 12.0 Å². The molecule has 0 bridgehead atoms. The number of nitrogens with zero attached hydrogens (tertiary/aromatic N) is 1. The van der Waals surface area contributed by atoms with Crippen molar-refractivity contribution in [3.05, 3.63) is 16.3 Å². The predicted octanol–water partition coefficient (Wildman–Crippen LogP) is 1.02. The van der Waals surface area contributed by atoms with Gasteiger partial charge in [0.15, 0.2) is 0 Å². The Bertz CT molecular complexity index is 592. The van der Waals surface area contributed by atoms with Crippen LogP contribution in [0.15, 0.2) is 16.3 Å². The lowest BCUT2D eigenvalue weighted by molar-refractivity contribution is -0.137. The molecule has 0 saturated heterocycles. The molecule has 0 aliphatic rings. The van der Waals surface area contributed by atoms with E-state index in [-0.39, 0.29) is 16.3 Å². The highest BCUT2D eigenvalue weighted by atomic mass is 32.2. The third kappa shape index (κ3) is 3.78. The summed E-state index contributed by atoms with van der Waals surface area (Å²) in [6.07, 6.45) is 0.487. The number of ether oxygens (including phenoxy) is 1. The van der Waals surface area contributed by atoms with Crippen molar-refractivity contribution in [2.75, 3.05) is 20.2 Å². The monoisotopic (exact) mass is 321 g/mol. The SMILES string of the molecule is CCCN(CC(=O)O)S(=O)(=O)c1csc(C(=O)OC)c1. The van der Waals surface area contributed by atoms with E-state index in [9.17, 15) is 18.0 Å². The van der Waals surface area contributed by atoms with Gasteiger partial charge in [0.2, 0.25) is 10.0 Å². The van der Waals surface area contributed by atoms with Gasteiger partial charge in [0.1, 0.15) is 11.4 Å². The van der Waals surface area contributed by atoms with Crippen LogP contribution in [0.5, 0.6) is 0 Å². The second-order valence-corrected chi connectivity index (χ2v) is 6.72. The van der Waals surface area contributed by atoms with Crippen LogP contribution in [-0.2, 0) is 19.6 Å². The molecule has 0 aliphatic heterocycles. The normalized spacial score (nSPS) is 11.6. The molecule has 1 aromatic heterocycles. The van der Waals surface area contributed by atoms with Crippen molar-refractivity contribution < 1.29 is 27.9 Å². The minimum Gasteiger partial charge on any atom is -0.480 e. The van der Waals surface area contributed by atoms with Crippen LogP contribution in [0, 0.1) is 0 Å². The highest BCUT2D eigenvalue weighted by Crippen LogP contribution is 2.23. The molecule has 0 saturated carbocycles. The molecule has 1 rings (SSSR count). The number of sulfonamides is 1. The Morgan fingerprint density at radius 3 is 2.60 bits per heavy atom. The zero-order valence-corrected chi connectivity index (χ0v) is 12.7. The molecule has 1 N–H and O–H groups in total. The zero-order valence-electron chi connectivity index (χ0n) is 11.0. The van der Waals surface area contributed by atoms with Gasteiger partial charge in [-0.15, -0.1) is 11.3 Å². The van der Waals surface area contributed by atoms with Crippen molar-refractivity contribution in [1.82, 2.24) is 4.31 Å². The highest BCUT2D eigenvalue weighted by molar-refractivity contribution is 7.89. The third-order valence-corrected chi connectivity index (χ3v) is 5.27. The fraction of sp³-hybridized carbons (Fsp3) is 0.455. The minimum absolute atomic E-state index is 0.0953. The first-order valence-electron chi connectivity index (χ1n) is 5.71. The molecule has 0 spiro atoms. The molecule has 7 nitrogen and oxygen atoms in total. The first-order valence-corrected chi connectivity index (χ1v) is 8.03. The highest BCUT2D eigenvalue weighted by Gasteiger charge is 2.27. The summed E-state index contributed by atoms with van der Waals surface area (Å²) in [6.45, 7) is 1.23. The van der Waals surface area contributed by atoms with Gasteiger partial charge in [-0.25, -0.2) is 13.2 Å². The summed E-state index contributed by atoms with van der Waals surface area (Å²) in [5.74, 6) is -1.86. The quantitative estimate of drug-likeness (QED) is 0.752. The average Bonchev–Trinajstić information content (AvgIpc) is 2.87. The molecule has 1 aromatic rings. The molecule has 112 valence electrons. The zero-order chi connectivity index (χ0) is 15.3. The van der Waals surface area contributed by atoms with Gasteiger partial charge in [0, 0.05) is 11.9 Å². The number of methoxy groups -OCH3 is 1. The van der Waals surface area contributed by atoms with Gasteiger partial charge in [-0.3, -0.25) is 4.79 Å². The Kier molecular flexibility index (Phi) is 5.66. The number of hydrogen-bond donors (Lipinski definition) is 1. The number of carboxylic acid groups (broad SMARTS) is 1. The molecule has 20 heavy (non-hydrogen) atoms. The third-order valence-electron chi connectivity index (χ3n) is 2.38. The number of aliphatic carboxylic acids is 1. The van der Waals surface area contributed by atoms with Gasteiger partial charge >= 0.3 is 11.9 Å². The number of thiophene rings is 1. The van der Waals surface area contributed by atoms with Crippen LogP contribution >= 0.6 is 11.3 Å². The second kappa shape index (κ2) is 6.82. The van der Waals surface area contributed by atoms with Gasteiger partial charge in [-0.1, -0.05) is 6.92 Å². The lowest BCUT2D eigenvalue weighted by atomic mass is 10.5. The summed E-state index contributed by atoms with van der Waals surface area (Å²) < 4.78 is 30.0. The fourth-order valence-electron chi connectivity index (χ4n) is 1.50. The summed E-state index contributed by atoms with van der Waals surface area (Å²) in [5.41, 5.74) is 0. The molecule has 0 amide bonds. The topological polar surface area (TPSA) is 101 Å². The summed E-state index contributed by atoms with van der Waals surface area (Å²) in [5, 5.41) is 10.1. The van der Waals surface area contributed by atoms with E-state index in [1.807, 2.05) is 0 Å². The minimum atomic E-state index is -3.92. The van der Waals surface area contributed by atoms with Crippen molar-refractivity contribution in [2.45, 2.75) is 18.2 Å². The van der Waals surface area contributed by atoms with E-state index >= 15 is 0 Å². The molecule has 0 aromatic carbocycles. The van der Waals surface area contributed by atoms with E-state index in [1.165, 1.54) is 18.6 Å². The largest absolute Gasteiger partial charge is 0.480 e. The lowest BCUT2D eigenvalue weighted by Gasteiger charge is -2.18. The molecule has 0 fully saturated rings. The molecular formula is C11H15NO6S2. The van der Waals surface area contributed by atoms with Crippen molar-refractivity contribution in [1.29, 1.82) is 0 Å². The van der Waals surface area contributed by atoms with Crippen LogP contribution < -0.4 is 0 Å². The van der Waals surface area contributed by atoms with Crippen molar-refractivity contribution in [3.8, 4) is 0 Å². The summed E-state index contributed by atoms with van der Waals surface area (Å²) in [7, 11) is -2.73. The maximum atomic E-state index is 12.3. The summed E-state index contributed by atoms with van der Waals surface area (Å²) in [4.78, 5) is 22.1. The molecule has 0 unspecified atom stereocenters. The number of carboxylic acids is 1. The number of carbonyl (C=O) groups excluding carboxylic acids is 1. The van der Waals surface area contributed by atoms with E-state index in [0.29, 0.717) is 6.42 Å². The average molecular weight is 321 g/mol. The number of hydrogen-bond acceptors (Lipinski definition) is 6. The van der Waals surface area contributed by atoms with E-state index in [0.717, 1.165) is 15.6 Å². The number of esters is 1. The van der Waals surface area contributed by atoms with Crippen LogP contribution in [0.1, 0.15) is 23.0 Å². The number of rotatable bonds is 7. The maximum Gasteiger partial charge on any atom is 0.348 e. The molecule has 0 atom stereocenters. The molecule has 0 radical (unpaired) electrons. The van der Waals surface area contributed by atoms with Crippen LogP contribution in [0.4, 0.5) is 0 Å².